The maximum absolute atomic E-state index is 6.12. The number of hydrogen-bond acceptors (Lipinski definition) is 3. The Morgan fingerprint density at radius 2 is 2.05 bits per heavy atom. The number of pyridine rings is 1. The standard InChI is InChI=1S/C17H29N3/c1-4-15(18)12-14-6-5-11-19-17(14)20(3)16-9-7-13(2)8-10-16/h5-6,11,13,15-16H,4,7-10,12,18H2,1-3H3. The summed E-state index contributed by atoms with van der Waals surface area (Å²) in [6, 6.07) is 5.08. The first-order valence-electron chi connectivity index (χ1n) is 8.04. The summed E-state index contributed by atoms with van der Waals surface area (Å²) >= 11 is 0. The van der Waals surface area contributed by atoms with Gasteiger partial charge in [0.25, 0.3) is 0 Å². The van der Waals surface area contributed by atoms with Crippen molar-refractivity contribution >= 4 is 5.82 Å². The molecule has 0 bridgehead atoms. The molecule has 1 saturated carbocycles. The zero-order valence-corrected chi connectivity index (χ0v) is 13.2. The summed E-state index contributed by atoms with van der Waals surface area (Å²) in [5.74, 6) is 2.02. The molecule has 0 radical (unpaired) electrons. The molecule has 1 aromatic heterocycles. The highest BCUT2D eigenvalue weighted by atomic mass is 15.2. The first-order chi connectivity index (χ1) is 9.61. The number of nitrogens with two attached hydrogens (primary N) is 1. The monoisotopic (exact) mass is 275 g/mol. The van der Waals surface area contributed by atoms with E-state index < -0.39 is 0 Å². The lowest BCUT2D eigenvalue weighted by Crippen LogP contribution is -2.36. The molecule has 3 heteroatoms. The molecule has 112 valence electrons. The summed E-state index contributed by atoms with van der Waals surface area (Å²) in [7, 11) is 2.20. The van der Waals surface area contributed by atoms with Crippen molar-refractivity contribution in [2.45, 2.75) is 64.5 Å². The van der Waals surface area contributed by atoms with E-state index in [1.165, 1.54) is 31.2 Å². The summed E-state index contributed by atoms with van der Waals surface area (Å²) < 4.78 is 0. The van der Waals surface area contributed by atoms with Crippen LogP contribution in [0, 0.1) is 5.92 Å². The van der Waals surface area contributed by atoms with E-state index in [1.807, 2.05) is 12.3 Å². The van der Waals surface area contributed by atoms with Crippen molar-refractivity contribution in [1.82, 2.24) is 4.98 Å². The van der Waals surface area contributed by atoms with Crippen LogP contribution in [0.25, 0.3) is 0 Å². The zero-order valence-electron chi connectivity index (χ0n) is 13.2. The molecule has 0 aliphatic heterocycles. The maximum Gasteiger partial charge on any atom is 0.131 e. The molecule has 2 N–H and O–H groups in total. The molecule has 1 aliphatic rings. The minimum Gasteiger partial charge on any atom is -0.356 e. The van der Waals surface area contributed by atoms with Crippen LogP contribution in [0.5, 0.6) is 0 Å². The van der Waals surface area contributed by atoms with Crippen molar-refractivity contribution in [2.24, 2.45) is 11.7 Å². The van der Waals surface area contributed by atoms with Gasteiger partial charge in [0.2, 0.25) is 0 Å². The number of anilines is 1. The van der Waals surface area contributed by atoms with Crippen LogP contribution in [0.4, 0.5) is 5.82 Å². The summed E-state index contributed by atoms with van der Waals surface area (Å²) in [5.41, 5.74) is 7.42. The highest BCUT2D eigenvalue weighted by molar-refractivity contribution is 5.47. The highest BCUT2D eigenvalue weighted by Gasteiger charge is 2.24. The normalized spacial score (nSPS) is 24.4. The van der Waals surface area contributed by atoms with Gasteiger partial charge in [-0.15, -0.1) is 0 Å². The fourth-order valence-electron chi connectivity index (χ4n) is 3.14. The lowest BCUT2D eigenvalue weighted by Gasteiger charge is -2.35. The van der Waals surface area contributed by atoms with Crippen LogP contribution in [-0.2, 0) is 6.42 Å². The Labute approximate surface area is 123 Å². The SMILES string of the molecule is CCC(N)Cc1cccnc1N(C)C1CCC(C)CC1. The van der Waals surface area contributed by atoms with Crippen LogP contribution in [-0.4, -0.2) is 24.1 Å². The zero-order chi connectivity index (χ0) is 14.5. The van der Waals surface area contributed by atoms with Gasteiger partial charge in [0, 0.05) is 25.3 Å². The molecular formula is C17H29N3. The van der Waals surface area contributed by atoms with E-state index in [-0.39, 0.29) is 6.04 Å². The second kappa shape index (κ2) is 7.07. The van der Waals surface area contributed by atoms with Crippen LogP contribution in [0.3, 0.4) is 0 Å². The Morgan fingerprint density at radius 3 is 2.70 bits per heavy atom. The fraction of sp³-hybridized carbons (Fsp3) is 0.706. The molecule has 20 heavy (non-hydrogen) atoms. The predicted molar refractivity (Wildman–Crippen MR) is 86.0 cm³/mol. The number of hydrogen-bond donors (Lipinski definition) is 1. The molecule has 0 spiro atoms. The van der Waals surface area contributed by atoms with Crippen LogP contribution in [0.2, 0.25) is 0 Å². The first kappa shape index (κ1) is 15.3. The largest absolute Gasteiger partial charge is 0.356 e. The molecule has 1 unspecified atom stereocenters. The third-order valence-electron chi connectivity index (χ3n) is 4.74. The predicted octanol–water partition coefficient (Wildman–Crippen LogP) is 3.38. The fourth-order valence-corrected chi connectivity index (χ4v) is 3.14. The second-order valence-corrected chi connectivity index (χ2v) is 6.38. The summed E-state index contributed by atoms with van der Waals surface area (Å²) in [6.07, 6.45) is 9.09. The van der Waals surface area contributed by atoms with Crippen molar-refractivity contribution in [3.63, 3.8) is 0 Å². The molecule has 1 aromatic rings. The lowest BCUT2D eigenvalue weighted by atomic mass is 9.86. The molecule has 1 fully saturated rings. The Balaban J connectivity index is 2.10. The van der Waals surface area contributed by atoms with Crippen LogP contribution < -0.4 is 10.6 Å². The molecular weight excluding hydrogens is 246 g/mol. The minimum absolute atomic E-state index is 0.234. The van der Waals surface area contributed by atoms with E-state index in [2.05, 4.69) is 36.8 Å². The van der Waals surface area contributed by atoms with Gasteiger partial charge in [-0.2, -0.15) is 0 Å². The van der Waals surface area contributed by atoms with Gasteiger partial charge in [0.15, 0.2) is 0 Å². The first-order valence-corrected chi connectivity index (χ1v) is 8.04. The topological polar surface area (TPSA) is 42.1 Å². The quantitative estimate of drug-likeness (QED) is 0.896. The highest BCUT2D eigenvalue weighted by Crippen LogP contribution is 2.30. The Kier molecular flexibility index (Phi) is 5.41. The maximum atomic E-state index is 6.12. The van der Waals surface area contributed by atoms with Crippen molar-refractivity contribution in [2.75, 3.05) is 11.9 Å². The van der Waals surface area contributed by atoms with E-state index in [0.29, 0.717) is 6.04 Å². The van der Waals surface area contributed by atoms with Gasteiger partial charge < -0.3 is 10.6 Å². The lowest BCUT2D eigenvalue weighted by molar-refractivity contribution is 0.339. The summed E-state index contributed by atoms with van der Waals surface area (Å²) in [6.45, 7) is 4.51. The molecule has 1 aliphatic carbocycles. The van der Waals surface area contributed by atoms with E-state index >= 15 is 0 Å². The third-order valence-corrected chi connectivity index (χ3v) is 4.74. The van der Waals surface area contributed by atoms with Gasteiger partial charge in [-0.25, -0.2) is 4.98 Å². The van der Waals surface area contributed by atoms with Gasteiger partial charge in [0.1, 0.15) is 5.82 Å². The molecule has 3 nitrogen and oxygen atoms in total. The van der Waals surface area contributed by atoms with E-state index in [1.54, 1.807) is 0 Å². The van der Waals surface area contributed by atoms with E-state index in [9.17, 15) is 0 Å². The molecule has 1 atom stereocenters. The third kappa shape index (κ3) is 3.72. The molecule has 1 heterocycles. The number of nitrogens with zero attached hydrogens (tertiary/aromatic N) is 2. The van der Waals surface area contributed by atoms with E-state index in [0.717, 1.165) is 24.6 Å². The number of rotatable bonds is 5. The van der Waals surface area contributed by atoms with Gasteiger partial charge >= 0.3 is 0 Å². The van der Waals surface area contributed by atoms with Crippen molar-refractivity contribution in [3.05, 3.63) is 23.9 Å². The molecule has 0 amide bonds. The van der Waals surface area contributed by atoms with Crippen LogP contribution in [0.15, 0.2) is 18.3 Å². The molecule has 0 aromatic carbocycles. The Hall–Kier alpha value is -1.09. The van der Waals surface area contributed by atoms with Gasteiger partial charge in [-0.05, 0) is 56.1 Å². The van der Waals surface area contributed by atoms with Crippen molar-refractivity contribution < 1.29 is 0 Å². The average molecular weight is 275 g/mol. The smallest absolute Gasteiger partial charge is 0.131 e. The second-order valence-electron chi connectivity index (χ2n) is 6.38. The summed E-state index contributed by atoms with van der Waals surface area (Å²) in [5, 5.41) is 0. The van der Waals surface area contributed by atoms with Gasteiger partial charge in [-0.1, -0.05) is 19.9 Å². The van der Waals surface area contributed by atoms with Crippen LogP contribution >= 0.6 is 0 Å². The van der Waals surface area contributed by atoms with Crippen LogP contribution in [0.1, 0.15) is 51.5 Å². The van der Waals surface area contributed by atoms with Gasteiger partial charge in [0.05, 0.1) is 0 Å². The molecule has 0 saturated heterocycles. The van der Waals surface area contributed by atoms with Crippen molar-refractivity contribution in [1.29, 1.82) is 0 Å². The Morgan fingerprint density at radius 1 is 1.35 bits per heavy atom. The average Bonchev–Trinajstić information content (AvgIpc) is 2.48. The number of aromatic nitrogens is 1. The minimum atomic E-state index is 0.234. The van der Waals surface area contributed by atoms with Crippen molar-refractivity contribution in [3.8, 4) is 0 Å². The van der Waals surface area contributed by atoms with Gasteiger partial charge in [-0.3, -0.25) is 0 Å². The molecule has 2 rings (SSSR count). The Bertz CT molecular complexity index is 410. The summed E-state index contributed by atoms with van der Waals surface area (Å²) in [4.78, 5) is 7.02. The van der Waals surface area contributed by atoms with E-state index in [4.69, 9.17) is 5.73 Å².